The fraction of sp³-hybridized carbons (Fsp3) is 0.625. The van der Waals surface area contributed by atoms with Gasteiger partial charge in [0.15, 0.2) is 0 Å². The highest BCUT2D eigenvalue weighted by molar-refractivity contribution is 9.10. The van der Waals surface area contributed by atoms with Gasteiger partial charge in [-0.1, -0.05) is 41.3 Å². The number of aryl methyl sites for hydroxylation is 1. The van der Waals surface area contributed by atoms with Crippen LogP contribution in [0.4, 0.5) is 5.69 Å². The Bertz CT molecular complexity index is 435. The Balaban J connectivity index is 1.74. The topological polar surface area (TPSA) is 12.0 Å². The smallest absolute Gasteiger partial charge is 0.0383 e. The van der Waals surface area contributed by atoms with Crippen LogP contribution in [0.15, 0.2) is 22.7 Å². The minimum atomic E-state index is 0.632. The van der Waals surface area contributed by atoms with Crippen LogP contribution in [-0.4, -0.2) is 6.04 Å². The number of nitrogens with one attached hydrogen (secondary N) is 1. The lowest BCUT2D eigenvalue weighted by Crippen LogP contribution is -2.50. The maximum atomic E-state index is 3.82. The van der Waals surface area contributed by atoms with Crippen LogP contribution in [0.2, 0.25) is 0 Å². The summed E-state index contributed by atoms with van der Waals surface area (Å²) in [6, 6.07) is 7.26. The van der Waals surface area contributed by atoms with E-state index in [2.05, 4.69) is 46.4 Å². The second kappa shape index (κ2) is 4.88. The average molecular weight is 308 g/mol. The van der Waals surface area contributed by atoms with E-state index in [1.54, 1.807) is 0 Å². The Labute approximate surface area is 118 Å². The van der Waals surface area contributed by atoms with Gasteiger partial charge in [-0.2, -0.15) is 0 Å². The van der Waals surface area contributed by atoms with Crippen molar-refractivity contribution < 1.29 is 0 Å². The molecule has 0 aliphatic heterocycles. The molecule has 0 radical (unpaired) electrons. The second-order valence-electron chi connectivity index (χ2n) is 6.12. The molecular weight excluding hydrogens is 286 g/mol. The Morgan fingerprint density at radius 3 is 2.61 bits per heavy atom. The lowest BCUT2D eigenvalue weighted by atomic mass is 9.57. The van der Waals surface area contributed by atoms with E-state index >= 15 is 0 Å². The number of rotatable bonds is 2. The number of benzene rings is 1. The summed E-state index contributed by atoms with van der Waals surface area (Å²) in [5.41, 5.74) is 3.31. The van der Waals surface area contributed by atoms with Crippen molar-refractivity contribution in [3.63, 3.8) is 0 Å². The standard InChI is InChI=1S/C16H22BrN/c1-12-5-6-13(17)11-14(12)18-15-7-10-16(15)8-3-2-4-9-16/h5-6,11,15,18H,2-4,7-10H2,1H3. The Morgan fingerprint density at radius 2 is 1.94 bits per heavy atom. The van der Waals surface area contributed by atoms with Gasteiger partial charge in [0.2, 0.25) is 0 Å². The van der Waals surface area contributed by atoms with Crippen molar-refractivity contribution >= 4 is 21.6 Å². The Morgan fingerprint density at radius 1 is 1.17 bits per heavy atom. The summed E-state index contributed by atoms with van der Waals surface area (Å²) in [6.07, 6.45) is 10.0. The highest BCUT2D eigenvalue weighted by Crippen LogP contribution is 2.52. The van der Waals surface area contributed by atoms with E-state index in [0.29, 0.717) is 11.5 Å². The summed E-state index contributed by atoms with van der Waals surface area (Å²) < 4.78 is 1.17. The molecule has 18 heavy (non-hydrogen) atoms. The molecule has 2 saturated carbocycles. The van der Waals surface area contributed by atoms with E-state index in [1.165, 1.54) is 60.7 Å². The van der Waals surface area contributed by atoms with E-state index in [0.717, 1.165) is 0 Å². The van der Waals surface area contributed by atoms with Crippen molar-refractivity contribution in [2.45, 2.75) is 57.9 Å². The Kier molecular flexibility index (Phi) is 3.40. The third-order valence-corrected chi connectivity index (χ3v) is 5.54. The van der Waals surface area contributed by atoms with Gasteiger partial charge in [-0.05, 0) is 55.7 Å². The first kappa shape index (κ1) is 12.5. The first-order valence-corrected chi connectivity index (χ1v) is 8.02. The van der Waals surface area contributed by atoms with E-state index in [1.807, 2.05) is 0 Å². The molecule has 2 aliphatic rings. The molecule has 98 valence electrons. The maximum absolute atomic E-state index is 3.82. The molecule has 1 nitrogen and oxygen atoms in total. The summed E-state index contributed by atoms with van der Waals surface area (Å²) in [6.45, 7) is 2.20. The van der Waals surface area contributed by atoms with Gasteiger partial charge in [0.1, 0.15) is 0 Å². The maximum Gasteiger partial charge on any atom is 0.0383 e. The number of halogens is 1. The summed E-state index contributed by atoms with van der Waals surface area (Å²) in [7, 11) is 0. The molecule has 0 heterocycles. The molecule has 1 N–H and O–H groups in total. The first-order chi connectivity index (χ1) is 8.70. The molecule has 0 saturated heterocycles. The lowest BCUT2D eigenvalue weighted by Gasteiger charge is -2.53. The quantitative estimate of drug-likeness (QED) is 0.783. The van der Waals surface area contributed by atoms with Crippen molar-refractivity contribution in [3.05, 3.63) is 28.2 Å². The predicted octanol–water partition coefficient (Wildman–Crippen LogP) is 5.28. The van der Waals surface area contributed by atoms with Gasteiger partial charge in [-0.3, -0.25) is 0 Å². The second-order valence-corrected chi connectivity index (χ2v) is 7.03. The zero-order valence-corrected chi connectivity index (χ0v) is 12.7. The molecule has 1 aromatic rings. The predicted molar refractivity (Wildman–Crippen MR) is 81.0 cm³/mol. The van der Waals surface area contributed by atoms with Crippen LogP contribution >= 0.6 is 15.9 Å². The molecule has 0 bridgehead atoms. The highest BCUT2D eigenvalue weighted by Gasteiger charge is 2.46. The van der Waals surface area contributed by atoms with Crippen LogP contribution in [-0.2, 0) is 0 Å². The SMILES string of the molecule is Cc1ccc(Br)cc1NC1CCC12CCCCC2. The molecule has 0 aromatic heterocycles. The molecular formula is C16H22BrN. The van der Waals surface area contributed by atoms with Gasteiger partial charge in [-0.15, -0.1) is 0 Å². The van der Waals surface area contributed by atoms with Crippen LogP contribution < -0.4 is 5.32 Å². The van der Waals surface area contributed by atoms with Crippen LogP contribution in [0, 0.1) is 12.3 Å². The van der Waals surface area contributed by atoms with Gasteiger partial charge in [-0.25, -0.2) is 0 Å². The number of hydrogen-bond acceptors (Lipinski definition) is 1. The molecule has 1 spiro atoms. The van der Waals surface area contributed by atoms with Gasteiger partial charge in [0.05, 0.1) is 0 Å². The highest BCUT2D eigenvalue weighted by atomic mass is 79.9. The van der Waals surface area contributed by atoms with Gasteiger partial charge in [0, 0.05) is 16.2 Å². The molecule has 2 aliphatic carbocycles. The third kappa shape index (κ3) is 2.20. The van der Waals surface area contributed by atoms with E-state index in [4.69, 9.17) is 0 Å². The third-order valence-electron chi connectivity index (χ3n) is 5.05. The molecule has 1 aromatic carbocycles. The van der Waals surface area contributed by atoms with E-state index in [-0.39, 0.29) is 0 Å². The minimum absolute atomic E-state index is 0.632. The minimum Gasteiger partial charge on any atom is -0.382 e. The van der Waals surface area contributed by atoms with Gasteiger partial charge >= 0.3 is 0 Å². The zero-order chi connectivity index (χ0) is 12.6. The lowest BCUT2D eigenvalue weighted by molar-refractivity contribution is 0.0571. The molecule has 3 rings (SSSR count). The van der Waals surface area contributed by atoms with Crippen LogP contribution in [0.1, 0.15) is 50.5 Å². The summed E-state index contributed by atoms with van der Waals surface area (Å²) >= 11 is 3.57. The summed E-state index contributed by atoms with van der Waals surface area (Å²) in [5, 5.41) is 3.82. The normalized spacial score (nSPS) is 25.8. The average Bonchev–Trinajstić information content (AvgIpc) is 2.39. The van der Waals surface area contributed by atoms with Crippen molar-refractivity contribution in [2.75, 3.05) is 5.32 Å². The van der Waals surface area contributed by atoms with E-state index < -0.39 is 0 Å². The molecule has 0 amide bonds. The Hall–Kier alpha value is -0.500. The zero-order valence-electron chi connectivity index (χ0n) is 11.1. The van der Waals surface area contributed by atoms with Crippen LogP contribution in [0.3, 0.4) is 0 Å². The largest absolute Gasteiger partial charge is 0.382 e. The summed E-state index contributed by atoms with van der Waals surface area (Å²) in [4.78, 5) is 0. The molecule has 1 atom stereocenters. The van der Waals surface area contributed by atoms with Crippen molar-refractivity contribution in [1.82, 2.24) is 0 Å². The van der Waals surface area contributed by atoms with Crippen LogP contribution in [0.25, 0.3) is 0 Å². The van der Waals surface area contributed by atoms with Crippen molar-refractivity contribution in [3.8, 4) is 0 Å². The van der Waals surface area contributed by atoms with Gasteiger partial charge < -0.3 is 5.32 Å². The number of hydrogen-bond donors (Lipinski definition) is 1. The fourth-order valence-electron chi connectivity index (χ4n) is 3.71. The molecule has 2 fully saturated rings. The van der Waals surface area contributed by atoms with Crippen molar-refractivity contribution in [1.29, 1.82) is 0 Å². The monoisotopic (exact) mass is 307 g/mol. The molecule has 1 unspecified atom stereocenters. The first-order valence-electron chi connectivity index (χ1n) is 7.22. The number of anilines is 1. The summed E-state index contributed by atoms with van der Waals surface area (Å²) in [5.74, 6) is 0. The van der Waals surface area contributed by atoms with Crippen molar-refractivity contribution in [2.24, 2.45) is 5.41 Å². The van der Waals surface area contributed by atoms with Gasteiger partial charge in [0.25, 0.3) is 0 Å². The van der Waals surface area contributed by atoms with E-state index in [9.17, 15) is 0 Å². The fourth-order valence-corrected chi connectivity index (χ4v) is 4.08. The van der Waals surface area contributed by atoms with Crippen LogP contribution in [0.5, 0.6) is 0 Å². The molecule has 2 heteroatoms.